The Labute approximate surface area is 181 Å². The molecular weight excluding hydrogens is 456 g/mol. The lowest BCUT2D eigenvalue weighted by Gasteiger charge is -2.39. The van der Waals surface area contributed by atoms with Crippen LogP contribution in [0.15, 0.2) is 35.6 Å². The highest BCUT2D eigenvalue weighted by molar-refractivity contribution is 8.14. The molecule has 0 spiro atoms. The van der Waals surface area contributed by atoms with Gasteiger partial charge in [0.2, 0.25) is 0 Å². The third kappa shape index (κ3) is 5.48. The minimum Gasteiger partial charge on any atom is -0.417 e. The Morgan fingerprint density at radius 1 is 1.23 bits per heavy atom. The molecule has 14 heteroatoms. The van der Waals surface area contributed by atoms with Crippen molar-refractivity contribution < 1.29 is 47.3 Å². The number of aliphatic hydroxyl groups is 4. The van der Waals surface area contributed by atoms with Crippen molar-refractivity contribution in [2.45, 2.75) is 36.3 Å². The Kier molecular flexibility index (Phi) is 7.43. The van der Waals surface area contributed by atoms with Crippen LogP contribution >= 0.6 is 11.8 Å². The van der Waals surface area contributed by atoms with Gasteiger partial charge >= 0.3 is 10.4 Å². The summed E-state index contributed by atoms with van der Waals surface area (Å²) in [6.45, 7) is -0.628. The molecule has 0 radical (unpaired) electrons. The van der Waals surface area contributed by atoms with Gasteiger partial charge < -0.3 is 30.0 Å². The van der Waals surface area contributed by atoms with Gasteiger partial charge in [-0.25, -0.2) is 4.28 Å². The molecule has 1 saturated heterocycles. The number of thioether (sulfide) groups is 1. The fraction of sp³-hybridized carbons (Fsp3) is 0.471. The highest BCUT2D eigenvalue weighted by Gasteiger charge is 2.44. The van der Waals surface area contributed by atoms with Crippen molar-refractivity contribution in [1.29, 1.82) is 0 Å². The van der Waals surface area contributed by atoms with E-state index in [0.717, 1.165) is 10.9 Å². The summed E-state index contributed by atoms with van der Waals surface area (Å²) in [6, 6.07) is 7.21. The molecule has 1 aromatic carbocycles. The summed E-state index contributed by atoms with van der Waals surface area (Å²) in [5.41, 5.74) is 0.148. The largest absolute Gasteiger partial charge is 0.466 e. The van der Waals surface area contributed by atoms with Gasteiger partial charge in [-0.15, -0.1) is 0 Å². The van der Waals surface area contributed by atoms with Gasteiger partial charge in [0, 0.05) is 18.0 Å². The number of oxime groups is 1. The van der Waals surface area contributed by atoms with Gasteiger partial charge in [-0.2, -0.15) is 13.1 Å². The van der Waals surface area contributed by atoms with Crippen LogP contribution < -0.4 is 4.84 Å². The molecule has 0 bridgehead atoms. The number of para-hydroxylation sites is 1. The number of fused-ring (bicyclic) bond motifs is 1. The molecule has 0 saturated carbocycles. The van der Waals surface area contributed by atoms with Gasteiger partial charge in [-0.3, -0.25) is 4.55 Å². The van der Waals surface area contributed by atoms with Crippen LogP contribution in [-0.4, -0.2) is 86.7 Å². The van der Waals surface area contributed by atoms with Gasteiger partial charge in [0.05, 0.1) is 12.1 Å². The second-order valence-corrected chi connectivity index (χ2v) is 8.84. The summed E-state index contributed by atoms with van der Waals surface area (Å²) < 4.78 is 42.0. The van der Waals surface area contributed by atoms with Crippen LogP contribution in [-0.2, 0) is 25.8 Å². The van der Waals surface area contributed by atoms with Crippen molar-refractivity contribution in [3.63, 3.8) is 0 Å². The van der Waals surface area contributed by atoms with Gasteiger partial charge in [0.1, 0.15) is 42.0 Å². The quantitative estimate of drug-likeness (QED) is 0.141. The summed E-state index contributed by atoms with van der Waals surface area (Å²) in [6.07, 6.45) is -4.30. The number of aromatic nitrogens is 1. The van der Waals surface area contributed by atoms with Crippen LogP contribution in [0.3, 0.4) is 0 Å². The highest BCUT2D eigenvalue weighted by atomic mass is 32.3. The van der Waals surface area contributed by atoms with Crippen LogP contribution in [0.25, 0.3) is 10.9 Å². The van der Waals surface area contributed by atoms with Gasteiger partial charge in [0.15, 0.2) is 0 Å². The predicted octanol–water partition coefficient (Wildman–Crippen LogP) is -1.09. The maximum absolute atomic E-state index is 11.0. The average Bonchev–Trinajstić information content (AvgIpc) is 3.09. The number of hydrogen-bond donors (Lipinski definition) is 5. The summed E-state index contributed by atoms with van der Waals surface area (Å²) in [5, 5.41) is 43.7. The zero-order chi connectivity index (χ0) is 22.8. The topological polar surface area (TPSA) is 180 Å². The second kappa shape index (κ2) is 9.70. The molecule has 1 aromatic heterocycles. The van der Waals surface area contributed by atoms with Crippen molar-refractivity contribution in [3.8, 4) is 0 Å². The molecule has 0 unspecified atom stereocenters. The van der Waals surface area contributed by atoms with Crippen molar-refractivity contribution >= 4 is 38.1 Å². The van der Waals surface area contributed by atoms with E-state index in [-0.39, 0.29) is 11.5 Å². The second-order valence-electron chi connectivity index (χ2n) is 6.66. The molecule has 5 N–H and O–H groups in total. The summed E-state index contributed by atoms with van der Waals surface area (Å²) >= 11 is 0.705. The van der Waals surface area contributed by atoms with Crippen LogP contribution in [0.4, 0.5) is 0 Å². The van der Waals surface area contributed by atoms with E-state index in [0.29, 0.717) is 17.3 Å². The standard InChI is InChI=1S/C17H22N2O10S2/c1-27-19-7-9(10-4-2-3-5-11(10)19)6-13(18-29-31(24,25)26)30-17-16(23)15(22)14(21)12(8-20)28-17/h2-5,7,12,14-17,20-23H,6,8H2,1H3,(H,24,25,26)/b18-13+/t12-,14-,15-,16-,17+/m1/s1. The number of rotatable bonds is 7. The Balaban J connectivity index is 1.91. The first-order valence-corrected chi connectivity index (χ1v) is 11.2. The molecule has 0 amide bonds. The van der Waals surface area contributed by atoms with Crippen molar-refractivity contribution in [3.05, 3.63) is 36.0 Å². The first kappa shape index (κ1) is 23.7. The third-order valence-corrected chi connectivity index (χ3v) is 6.01. The van der Waals surface area contributed by atoms with Crippen LogP contribution in [0.2, 0.25) is 0 Å². The summed E-state index contributed by atoms with van der Waals surface area (Å²) in [7, 11) is -3.44. The lowest BCUT2D eigenvalue weighted by atomic mass is 10.0. The molecule has 172 valence electrons. The minimum atomic E-state index is -4.91. The highest BCUT2D eigenvalue weighted by Crippen LogP contribution is 2.31. The molecule has 2 heterocycles. The molecule has 3 rings (SSSR count). The first-order chi connectivity index (χ1) is 14.6. The molecule has 5 atom stereocenters. The zero-order valence-electron chi connectivity index (χ0n) is 16.2. The monoisotopic (exact) mass is 478 g/mol. The average molecular weight is 479 g/mol. The van der Waals surface area contributed by atoms with Crippen molar-refractivity contribution in [2.75, 3.05) is 13.7 Å². The smallest absolute Gasteiger partial charge is 0.417 e. The zero-order valence-corrected chi connectivity index (χ0v) is 17.8. The molecule has 31 heavy (non-hydrogen) atoms. The number of nitrogens with zero attached hydrogens (tertiary/aromatic N) is 2. The van der Waals surface area contributed by atoms with E-state index in [9.17, 15) is 28.8 Å². The molecule has 2 aromatic rings. The molecular formula is C17H22N2O10S2. The van der Waals surface area contributed by atoms with Crippen LogP contribution in [0.5, 0.6) is 0 Å². The molecule has 1 aliphatic rings. The number of ether oxygens (including phenoxy) is 1. The lowest BCUT2D eigenvalue weighted by Crippen LogP contribution is -2.57. The third-order valence-electron chi connectivity index (χ3n) is 4.63. The molecule has 1 aliphatic heterocycles. The van der Waals surface area contributed by atoms with Gasteiger partial charge in [-0.05, 0) is 11.6 Å². The van der Waals surface area contributed by atoms with E-state index in [1.54, 1.807) is 30.5 Å². The fourth-order valence-corrected chi connectivity index (χ4v) is 4.47. The summed E-state index contributed by atoms with van der Waals surface area (Å²) in [5.74, 6) is 0. The minimum absolute atomic E-state index is 0.0217. The maximum Gasteiger partial charge on any atom is 0.466 e. The van der Waals surface area contributed by atoms with Crippen LogP contribution in [0.1, 0.15) is 5.56 Å². The Morgan fingerprint density at radius 3 is 2.58 bits per heavy atom. The molecule has 12 nitrogen and oxygen atoms in total. The van der Waals surface area contributed by atoms with Gasteiger partial charge in [-0.1, -0.05) is 35.1 Å². The fourth-order valence-electron chi connectivity index (χ4n) is 3.16. The van der Waals surface area contributed by atoms with E-state index >= 15 is 0 Å². The Hall–Kier alpha value is -1.91. The Morgan fingerprint density at radius 2 is 1.94 bits per heavy atom. The van der Waals surface area contributed by atoms with E-state index in [1.165, 1.54) is 11.8 Å². The van der Waals surface area contributed by atoms with Crippen LogP contribution in [0, 0.1) is 0 Å². The normalized spacial score (nSPS) is 27.4. The summed E-state index contributed by atoms with van der Waals surface area (Å²) in [4.78, 5) is 5.27. The lowest BCUT2D eigenvalue weighted by molar-refractivity contribution is -0.205. The molecule has 0 aliphatic carbocycles. The SMILES string of the molecule is COn1cc(C/C(=N\OS(=O)(=O)O)S[C@@H]2O[C@H](CO)[C@@H](O)[C@@H](O)[C@H]2O)c2ccccc21. The van der Waals surface area contributed by atoms with E-state index in [4.69, 9.17) is 14.1 Å². The van der Waals surface area contributed by atoms with Crippen molar-refractivity contribution in [1.82, 2.24) is 4.73 Å². The Bertz CT molecular complexity index is 1040. The first-order valence-electron chi connectivity index (χ1n) is 8.98. The van der Waals surface area contributed by atoms with E-state index in [2.05, 4.69) is 9.44 Å². The number of hydrogen-bond acceptors (Lipinski definition) is 11. The molecule has 1 fully saturated rings. The maximum atomic E-state index is 11.0. The van der Waals surface area contributed by atoms with E-state index in [1.807, 2.05) is 0 Å². The predicted molar refractivity (Wildman–Crippen MR) is 110 cm³/mol. The van der Waals surface area contributed by atoms with Gasteiger partial charge in [0.25, 0.3) is 0 Å². The number of benzene rings is 1. The van der Waals surface area contributed by atoms with E-state index < -0.39 is 46.9 Å². The van der Waals surface area contributed by atoms with Crippen molar-refractivity contribution in [2.24, 2.45) is 5.16 Å². The number of aliphatic hydroxyl groups excluding tert-OH is 4.